The number of hydrogen-bond donors (Lipinski definition) is 2. The number of rotatable bonds is 3. The lowest BCUT2D eigenvalue weighted by molar-refractivity contribution is 0.632. The Kier molecular flexibility index (Phi) is 4.63. The normalized spacial score (nSPS) is 12.5. The van der Waals surface area contributed by atoms with Crippen molar-refractivity contribution in [2.45, 2.75) is 33.7 Å². The van der Waals surface area contributed by atoms with Gasteiger partial charge in [0.25, 0.3) is 0 Å². The van der Waals surface area contributed by atoms with Crippen molar-refractivity contribution in [3.63, 3.8) is 0 Å². The van der Waals surface area contributed by atoms with E-state index >= 15 is 0 Å². The Morgan fingerprint density at radius 1 is 0.900 bits per heavy atom. The summed E-state index contributed by atoms with van der Waals surface area (Å²) < 4.78 is 1.08. The lowest BCUT2D eigenvalue weighted by Crippen LogP contribution is -2.29. The molecule has 2 nitrogen and oxygen atoms in total. The topological polar surface area (TPSA) is 38.0 Å². The van der Waals surface area contributed by atoms with E-state index in [4.69, 9.17) is 5.84 Å². The lowest BCUT2D eigenvalue weighted by Gasteiger charge is -2.21. The summed E-state index contributed by atoms with van der Waals surface area (Å²) >= 11 is 3.56. The van der Waals surface area contributed by atoms with E-state index in [1.54, 1.807) is 0 Å². The van der Waals surface area contributed by atoms with Crippen LogP contribution in [-0.4, -0.2) is 0 Å². The van der Waals surface area contributed by atoms with Gasteiger partial charge in [0.15, 0.2) is 0 Å². The Labute approximate surface area is 129 Å². The summed E-state index contributed by atoms with van der Waals surface area (Å²) in [5.74, 6) is 5.83. The van der Waals surface area contributed by atoms with E-state index < -0.39 is 0 Å². The van der Waals surface area contributed by atoms with Gasteiger partial charge in [-0.3, -0.25) is 5.84 Å². The molecule has 20 heavy (non-hydrogen) atoms. The largest absolute Gasteiger partial charge is 0.271 e. The van der Waals surface area contributed by atoms with Crippen LogP contribution < -0.4 is 11.3 Å². The first kappa shape index (κ1) is 15.2. The molecule has 2 aromatic carbocycles. The van der Waals surface area contributed by atoms with Crippen molar-refractivity contribution in [2.75, 3.05) is 0 Å². The summed E-state index contributed by atoms with van der Waals surface area (Å²) in [4.78, 5) is 0. The maximum atomic E-state index is 5.83. The van der Waals surface area contributed by atoms with Crippen LogP contribution in [0.5, 0.6) is 0 Å². The standard InChI is InChI=1S/C17H21BrN2/c1-10-5-14(9-15(18)6-10)17(20-19)16-8-12(3)11(2)7-13(16)4/h5-9,17,20H,19H2,1-4H3. The van der Waals surface area contributed by atoms with E-state index in [0.717, 1.165) is 4.47 Å². The van der Waals surface area contributed by atoms with Gasteiger partial charge in [-0.2, -0.15) is 0 Å². The van der Waals surface area contributed by atoms with Crippen molar-refractivity contribution in [3.8, 4) is 0 Å². The zero-order valence-electron chi connectivity index (χ0n) is 12.4. The van der Waals surface area contributed by atoms with Crippen LogP contribution in [0.25, 0.3) is 0 Å². The molecule has 2 aromatic rings. The molecule has 0 aliphatic heterocycles. The summed E-state index contributed by atoms with van der Waals surface area (Å²) in [6.45, 7) is 8.50. The van der Waals surface area contributed by atoms with Crippen LogP contribution in [0.1, 0.15) is 39.4 Å². The van der Waals surface area contributed by atoms with Gasteiger partial charge in [-0.05, 0) is 73.2 Å². The number of halogens is 1. The second-order valence-electron chi connectivity index (χ2n) is 5.45. The quantitative estimate of drug-likeness (QED) is 0.651. The Balaban J connectivity index is 2.55. The minimum Gasteiger partial charge on any atom is -0.271 e. The highest BCUT2D eigenvalue weighted by molar-refractivity contribution is 9.10. The van der Waals surface area contributed by atoms with Crippen LogP contribution >= 0.6 is 15.9 Å². The summed E-state index contributed by atoms with van der Waals surface area (Å²) in [7, 11) is 0. The molecular weight excluding hydrogens is 312 g/mol. The van der Waals surface area contributed by atoms with Crippen molar-refractivity contribution in [2.24, 2.45) is 5.84 Å². The molecule has 0 saturated carbocycles. The van der Waals surface area contributed by atoms with Crippen molar-refractivity contribution < 1.29 is 0 Å². The average Bonchev–Trinajstić information content (AvgIpc) is 2.35. The molecule has 0 spiro atoms. The third-order valence-electron chi connectivity index (χ3n) is 3.76. The van der Waals surface area contributed by atoms with Crippen LogP contribution in [0.3, 0.4) is 0 Å². The van der Waals surface area contributed by atoms with Gasteiger partial charge >= 0.3 is 0 Å². The minimum absolute atomic E-state index is 0.00509. The molecule has 0 heterocycles. The van der Waals surface area contributed by atoms with E-state index in [1.165, 1.54) is 33.4 Å². The van der Waals surface area contributed by atoms with Crippen LogP contribution in [0.15, 0.2) is 34.8 Å². The minimum atomic E-state index is 0.00509. The SMILES string of the molecule is Cc1cc(Br)cc(C(NN)c2cc(C)c(C)cc2C)c1. The Hall–Kier alpha value is -1.16. The first-order valence-corrected chi connectivity index (χ1v) is 7.52. The molecule has 0 aliphatic rings. The van der Waals surface area contributed by atoms with Crippen molar-refractivity contribution in [1.29, 1.82) is 0 Å². The van der Waals surface area contributed by atoms with E-state index in [9.17, 15) is 0 Å². The molecule has 0 amide bonds. The zero-order chi connectivity index (χ0) is 14.9. The number of hydrogen-bond acceptors (Lipinski definition) is 2. The Bertz CT molecular complexity index is 615. The van der Waals surface area contributed by atoms with Crippen LogP contribution in [0.2, 0.25) is 0 Å². The van der Waals surface area contributed by atoms with Gasteiger partial charge in [-0.1, -0.05) is 34.1 Å². The fraction of sp³-hybridized carbons (Fsp3) is 0.294. The number of nitrogens with two attached hydrogens (primary N) is 1. The first-order valence-electron chi connectivity index (χ1n) is 6.73. The second kappa shape index (κ2) is 6.08. The highest BCUT2D eigenvalue weighted by Gasteiger charge is 2.16. The van der Waals surface area contributed by atoms with Gasteiger partial charge in [0.2, 0.25) is 0 Å². The molecule has 0 aromatic heterocycles. The average molecular weight is 333 g/mol. The maximum Gasteiger partial charge on any atom is 0.0713 e. The summed E-state index contributed by atoms with van der Waals surface area (Å²) in [5, 5.41) is 0. The van der Waals surface area contributed by atoms with Gasteiger partial charge in [0, 0.05) is 4.47 Å². The van der Waals surface area contributed by atoms with Crippen LogP contribution in [0.4, 0.5) is 0 Å². The molecule has 0 fully saturated rings. The molecule has 106 valence electrons. The van der Waals surface area contributed by atoms with Gasteiger partial charge < -0.3 is 0 Å². The third kappa shape index (κ3) is 3.11. The van der Waals surface area contributed by atoms with Gasteiger partial charge in [-0.25, -0.2) is 5.43 Å². The maximum absolute atomic E-state index is 5.83. The van der Waals surface area contributed by atoms with Crippen molar-refractivity contribution in [3.05, 3.63) is 68.2 Å². The predicted molar refractivity (Wildman–Crippen MR) is 88.7 cm³/mol. The van der Waals surface area contributed by atoms with E-state index in [0.29, 0.717) is 0 Å². The van der Waals surface area contributed by atoms with Crippen molar-refractivity contribution >= 4 is 15.9 Å². The zero-order valence-corrected chi connectivity index (χ0v) is 14.0. The third-order valence-corrected chi connectivity index (χ3v) is 4.22. The molecule has 3 heteroatoms. The monoisotopic (exact) mass is 332 g/mol. The Morgan fingerprint density at radius 3 is 2.15 bits per heavy atom. The van der Waals surface area contributed by atoms with Crippen molar-refractivity contribution in [1.82, 2.24) is 5.43 Å². The molecule has 0 radical (unpaired) electrons. The number of aryl methyl sites for hydroxylation is 4. The highest BCUT2D eigenvalue weighted by atomic mass is 79.9. The molecule has 0 saturated heterocycles. The number of hydrazine groups is 1. The van der Waals surface area contributed by atoms with Crippen LogP contribution in [0, 0.1) is 27.7 Å². The van der Waals surface area contributed by atoms with Crippen LogP contribution in [-0.2, 0) is 0 Å². The smallest absolute Gasteiger partial charge is 0.0713 e. The molecule has 0 bridgehead atoms. The lowest BCUT2D eigenvalue weighted by atomic mass is 9.91. The molecule has 3 N–H and O–H groups in total. The Morgan fingerprint density at radius 2 is 1.55 bits per heavy atom. The van der Waals surface area contributed by atoms with Gasteiger partial charge in [0.05, 0.1) is 6.04 Å². The molecular formula is C17H21BrN2. The van der Waals surface area contributed by atoms with E-state index in [1.807, 2.05) is 0 Å². The fourth-order valence-electron chi connectivity index (χ4n) is 2.59. The van der Waals surface area contributed by atoms with E-state index in [-0.39, 0.29) is 6.04 Å². The summed E-state index contributed by atoms with van der Waals surface area (Å²) in [6.07, 6.45) is 0. The molecule has 2 rings (SSSR count). The predicted octanol–water partition coefficient (Wildman–Crippen LogP) is 4.24. The highest BCUT2D eigenvalue weighted by Crippen LogP contribution is 2.29. The molecule has 1 atom stereocenters. The molecule has 1 unspecified atom stereocenters. The van der Waals surface area contributed by atoms with Gasteiger partial charge in [-0.15, -0.1) is 0 Å². The first-order chi connectivity index (χ1) is 9.42. The van der Waals surface area contributed by atoms with E-state index in [2.05, 4.69) is 79.4 Å². The second-order valence-corrected chi connectivity index (χ2v) is 6.37. The fourth-order valence-corrected chi connectivity index (χ4v) is 3.22. The summed E-state index contributed by atoms with van der Waals surface area (Å²) in [6, 6.07) is 10.8. The number of benzene rings is 2. The number of nitrogens with one attached hydrogen (secondary N) is 1. The summed E-state index contributed by atoms with van der Waals surface area (Å²) in [5.41, 5.74) is 10.4. The molecule has 0 aliphatic carbocycles. The van der Waals surface area contributed by atoms with Gasteiger partial charge in [0.1, 0.15) is 0 Å².